The minimum atomic E-state index is -2.00. The van der Waals surface area contributed by atoms with Crippen LogP contribution in [0.25, 0.3) is 0 Å². The Bertz CT molecular complexity index is 190. The van der Waals surface area contributed by atoms with Gasteiger partial charge in [-0.3, -0.25) is 0 Å². The molecule has 0 aromatic rings. The fourth-order valence-electron chi connectivity index (χ4n) is 2.72. The molecular formula is C9H18OSm. The zero-order valence-corrected chi connectivity index (χ0v) is 10.3. The maximum absolute atomic E-state index is 9.91. The summed E-state index contributed by atoms with van der Waals surface area (Å²) < 4.78 is 4.67. The van der Waals surface area contributed by atoms with E-state index in [1.807, 2.05) is 0 Å². The predicted octanol–water partition coefficient (Wildman–Crippen LogP) is 2.55. The van der Waals surface area contributed by atoms with E-state index in [1.54, 1.807) is 0 Å². The van der Waals surface area contributed by atoms with Gasteiger partial charge in [0.1, 0.15) is 0 Å². The normalized spacial score (nSPS) is 59.3. The van der Waals surface area contributed by atoms with Gasteiger partial charge in [0, 0.05) is 0 Å². The first-order valence-electron chi connectivity index (χ1n) is 4.41. The molecule has 2 heterocycles. The Morgan fingerprint density at radius 2 is 2.09 bits per heavy atom. The van der Waals surface area contributed by atoms with E-state index in [0.717, 1.165) is 12.3 Å². The van der Waals surface area contributed by atoms with Crippen LogP contribution in [-0.4, -0.2) is 6.93 Å². The Morgan fingerprint density at radius 3 is 2.27 bits per heavy atom. The second kappa shape index (κ2) is 2.41. The van der Waals surface area contributed by atoms with Crippen LogP contribution >= 0.6 is 0 Å². The Morgan fingerprint density at radius 1 is 1.45 bits per heavy atom. The van der Waals surface area contributed by atoms with Crippen molar-refractivity contribution in [2.75, 3.05) is 0 Å². The number of fused-ring (bicyclic) bond motifs is 2. The van der Waals surface area contributed by atoms with E-state index in [2.05, 4.69) is 16.5 Å². The van der Waals surface area contributed by atoms with Crippen molar-refractivity contribution < 1.29 is 37.3 Å². The van der Waals surface area contributed by atoms with Crippen LogP contribution in [0.5, 0.6) is 0 Å². The van der Waals surface area contributed by atoms with Crippen LogP contribution in [-0.2, 0) is 0 Å². The molecule has 1 N–H and O–H groups in total. The summed E-state index contributed by atoms with van der Waals surface area (Å²) in [5, 5.41) is 9.91. The summed E-state index contributed by atoms with van der Waals surface area (Å²) in [6.07, 6.45) is 2.56. The summed E-state index contributed by atoms with van der Waals surface area (Å²) in [4.78, 5) is 0. The molecule has 2 rings (SSSR count). The average molecular weight is 293 g/mol. The first kappa shape index (κ1) is 8.88. The van der Waals surface area contributed by atoms with Crippen molar-refractivity contribution in [3.8, 4) is 0 Å². The van der Waals surface area contributed by atoms with E-state index >= 15 is 0 Å². The van der Waals surface area contributed by atoms with Gasteiger partial charge in [-0.05, 0) is 0 Å². The minimum absolute atomic E-state index is 0.177. The van der Waals surface area contributed by atoms with Gasteiger partial charge in [-0.15, -0.1) is 0 Å². The molecule has 0 amide bonds. The number of hydrogen-bond donors (Lipinski definition) is 1. The average Bonchev–Trinajstić information content (AvgIpc) is 2.20. The zero-order chi connectivity index (χ0) is 8.28. The third kappa shape index (κ3) is 0.936. The van der Waals surface area contributed by atoms with Crippen LogP contribution in [0.3, 0.4) is 0 Å². The Hall–Kier alpha value is 1.30. The second-order valence-corrected chi connectivity index (χ2v) is 18.5. The van der Waals surface area contributed by atoms with Crippen molar-refractivity contribution in [3.05, 3.63) is 0 Å². The second-order valence-electron chi connectivity index (χ2n) is 4.64. The molecule has 2 aliphatic heterocycles. The van der Waals surface area contributed by atoms with Gasteiger partial charge in [-0.1, -0.05) is 0 Å². The van der Waals surface area contributed by atoms with Crippen molar-refractivity contribution in [2.24, 2.45) is 5.92 Å². The Labute approximate surface area is 76.7 Å². The van der Waals surface area contributed by atoms with Crippen LogP contribution in [0, 0.1) is 38.1 Å². The van der Waals surface area contributed by atoms with E-state index in [9.17, 15) is 5.11 Å². The van der Waals surface area contributed by atoms with Crippen LogP contribution in [0.4, 0.5) is 0 Å². The van der Waals surface area contributed by atoms with E-state index in [1.165, 1.54) is 8.56 Å². The summed E-state index contributed by atoms with van der Waals surface area (Å²) in [5.41, 5.74) is 0. The van der Waals surface area contributed by atoms with Gasteiger partial charge in [0.15, 0.2) is 0 Å². The third-order valence-corrected chi connectivity index (χ3v) is 20.9. The SMILES string of the molecule is C[C]1(C)C2C[CH2][Sm]1([CH3])[CH](O)C2. The molecule has 3 atom stereocenters. The number of hydrogen-bond acceptors (Lipinski definition) is 1. The third-order valence-electron chi connectivity index (χ3n) is 4.16. The molecule has 1 nitrogen and oxygen atoms in total. The van der Waals surface area contributed by atoms with Gasteiger partial charge in [0.05, 0.1) is 0 Å². The number of rotatable bonds is 0. The van der Waals surface area contributed by atoms with Crippen LogP contribution in [0.1, 0.15) is 26.7 Å². The standard InChI is InChI=1S/C8H15O.CH3.Sm/c1-4-8(5-6-9)7(2)3;;/h6,8-9H,1,4-5H2,2-3H3;1H3;. The van der Waals surface area contributed by atoms with Crippen molar-refractivity contribution >= 4 is 0 Å². The molecule has 0 spiro atoms. The molecule has 2 bridgehead atoms. The molecule has 2 heteroatoms. The van der Waals surface area contributed by atoms with E-state index < -0.39 is 32.2 Å². The Balaban J connectivity index is 2.40. The number of aliphatic hydroxyl groups excluding tert-OH is 1. The van der Waals surface area contributed by atoms with Crippen LogP contribution < -0.4 is 0 Å². The summed E-state index contributed by atoms with van der Waals surface area (Å²) >= 11 is -2.00. The molecule has 2 fully saturated rings. The van der Waals surface area contributed by atoms with Gasteiger partial charge >= 0.3 is 77.6 Å². The molecule has 11 heavy (non-hydrogen) atoms. The van der Waals surface area contributed by atoms with E-state index in [4.69, 9.17) is 0 Å². The van der Waals surface area contributed by atoms with E-state index in [-0.39, 0.29) is 1.82 Å². The van der Waals surface area contributed by atoms with Gasteiger partial charge in [0.25, 0.3) is 0 Å². The molecule has 0 aliphatic carbocycles. The molecule has 66 valence electrons. The zero-order valence-electron chi connectivity index (χ0n) is 7.63. The van der Waals surface area contributed by atoms with Crippen molar-refractivity contribution in [3.63, 3.8) is 0 Å². The molecule has 2 aliphatic rings. The van der Waals surface area contributed by atoms with Crippen molar-refractivity contribution in [2.45, 2.75) is 34.4 Å². The molecule has 3 unspecified atom stereocenters. The molecule has 0 aromatic heterocycles. The first-order valence-corrected chi connectivity index (χ1v) is 11.7. The molecule has 2 saturated heterocycles. The monoisotopic (exact) mass is 294 g/mol. The first-order chi connectivity index (χ1) is 4.98. The van der Waals surface area contributed by atoms with Gasteiger partial charge in [-0.2, -0.15) is 0 Å². The van der Waals surface area contributed by atoms with Crippen LogP contribution in [0.15, 0.2) is 0 Å². The van der Waals surface area contributed by atoms with E-state index in [0.29, 0.717) is 1.13 Å². The van der Waals surface area contributed by atoms with Crippen LogP contribution in [0.2, 0.25) is 5.90 Å². The summed E-state index contributed by atoms with van der Waals surface area (Å²) in [7, 11) is 0. The summed E-state index contributed by atoms with van der Waals surface area (Å²) in [6.45, 7) is 4.83. The fourth-order valence-corrected chi connectivity index (χ4v) is 15.3. The van der Waals surface area contributed by atoms with Gasteiger partial charge in [0.2, 0.25) is 0 Å². The predicted molar refractivity (Wildman–Crippen MR) is 43.4 cm³/mol. The van der Waals surface area contributed by atoms with Crippen molar-refractivity contribution in [1.82, 2.24) is 0 Å². The van der Waals surface area contributed by atoms with Gasteiger partial charge in [-0.25, -0.2) is 0 Å². The molecular weight excluding hydrogens is 274 g/mol. The Kier molecular flexibility index (Phi) is 1.94. The van der Waals surface area contributed by atoms with Gasteiger partial charge < -0.3 is 0 Å². The topological polar surface area (TPSA) is 20.2 Å². The quantitative estimate of drug-likeness (QED) is 0.727. The number of aliphatic hydroxyl groups is 1. The van der Waals surface area contributed by atoms with Crippen molar-refractivity contribution in [1.29, 1.82) is 0 Å². The molecule has 0 aromatic carbocycles. The molecule has 0 saturated carbocycles. The maximum atomic E-state index is 9.91. The summed E-state index contributed by atoms with van der Waals surface area (Å²) in [5.74, 6) is 0.873. The summed E-state index contributed by atoms with van der Waals surface area (Å²) in [6, 6.07) is 0. The molecule has 0 radical (unpaired) electrons. The fraction of sp³-hybridized carbons (Fsp3) is 1.00.